The number of hydrogen-bond acceptors (Lipinski definition) is 10. The minimum atomic E-state index is -3.47. The number of anilines is 1. The van der Waals surface area contributed by atoms with Crippen LogP contribution in [0.15, 0.2) is 6.33 Å². The van der Waals surface area contributed by atoms with Crippen molar-refractivity contribution >= 4 is 32.4 Å². The first-order chi connectivity index (χ1) is 11.9. The van der Waals surface area contributed by atoms with Crippen molar-refractivity contribution in [1.82, 2.24) is 19.5 Å². The average molecular weight is 368 g/mol. The van der Waals surface area contributed by atoms with Gasteiger partial charge in [-0.2, -0.15) is 14.0 Å². The molecule has 0 amide bonds. The highest BCUT2D eigenvalue weighted by atomic mass is 31.2. The van der Waals surface area contributed by atoms with Gasteiger partial charge < -0.3 is 20.3 Å². The molecule has 4 N–H and O–H groups in total. The molecule has 2 aromatic heterocycles. The van der Waals surface area contributed by atoms with E-state index < -0.39 is 32.4 Å². The number of aromatic nitrogens is 4. The van der Waals surface area contributed by atoms with Gasteiger partial charge in [0.05, 0.1) is 6.61 Å². The first kappa shape index (κ1) is 16.9. The zero-order valence-electron chi connectivity index (χ0n) is 13.2. The van der Waals surface area contributed by atoms with E-state index in [9.17, 15) is 10.00 Å². The smallest absolute Gasteiger partial charge is 0.465 e. The Bertz CT molecular complexity index is 806. The molecule has 132 valence electrons. The Balaban J connectivity index is 1.77. The van der Waals surface area contributed by atoms with Crippen molar-refractivity contribution in [1.29, 1.82) is 0 Å². The quantitative estimate of drug-likeness (QED) is 0.470. The molecule has 0 spiro atoms. The van der Waals surface area contributed by atoms with Gasteiger partial charge in [-0.05, 0) is 6.92 Å². The van der Waals surface area contributed by atoms with E-state index in [1.807, 2.05) is 0 Å². The van der Waals surface area contributed by atoms with Gasteiger partial charge in [-0.3, -0.25) is 0 Å². The summed E-state index contributed by atoms with van der Waals surface area (Å²) in [7, 11) is 2.05. The van der Waals surface area contributed by atoms with Gasteiger partial charge in [-0.1, -0.05) is 0 Å². The summed E-state index contributed by atoms with van der Waals surface area (Å²) >= 11 is 0. The summed E-state index contributed by atoms with van der Waals surface area (Å²) in [5.41, 5.74) is 6.52. The predicted molar refractivity (Wildman–Crippen MR) is 86.5 cm³/mol. The Morgan fingerprint density at radius 2 is 2.32 bits per heavy atom. The Kier molecular flexibility index (Phi) is 4.06. The highest BCUT2D eigenvalue weighted by molar-refractivity contribution is 7.85. The van der Waals surface area contributed by atoms with Gasteiger partial charge in [0.2, 0.25) is 0 Å². The van der Waals surface area contributed by atoms with Crippen molar-refractivity contribution < 1.29 is 28.5 Å². The van der Waals surface area contributed by atoms with Crippen molar-refractivity contribution in [2.45, 2.75) is 31.5 Å². The van der Waals surface area contributed by atoms with E-state index in [1.54, 1.807) is 6.92 Å². The number of aliphatic hydroxyl groups excluding tert-OH is 1. The lowest BCUT2D eigenvalue weighted by Crippen LogP contribution is -2.40. The molecule has 0 aromatic carbocycles. The van der Waals surface area contributed by atoms with Gasteiger partial charge in [0.15, 0.2) is 29.3 Å². The summed E-state index contributed by atoms with van der Waals surface area (Å²) in [5, 5.41) is 10.7. The summed E-state index contributed by atoms with van der Waals surface area (Å²) in [6, 6.07) is 0.172. The largest absolute Gasteiger partial charge is 0.488 e. The van der Waals surface area contributed by atoms with Crippen molar-refractivity contribution in [3.05, 3.63) is 6.33 Å². The number of hydrogen-bond donors (Lipinski definition) is 3. The summed E-state index contributed by atoms with van der Waals surface area (Å²) in [6.45, 7) is 2.12. The van der Waals surface area contributed by atoms with Gasteiger partial charge in [-0.25, -0.2) is 19.4 Å². The molecule has 2 aromatic rings. The van der Waals surface area contributed by atoms with Crippen molar-refractivity contribution in [2.75, 3.05) is 18.9 Å². The van der Waals surface area contributed by atoms with Crippen molar-refractivity contribution in [3.8, 4) is 6.01 Å². The Morgan fingerprint density at radius 3 is 3.08 bits per heavy atom. The lowest BCUT2D eigenvalue weighted by molar-refractivity contribution is -0.0623. The standard InChI is InChI=1S/C12H16BN5O6P/c1-2-21-12-17-6-9(14)15-4-16-10(6)18(12)11-7(19)8-5(23-11)3-22-25(13,20)24-8/h4-5,7-8,11,19-20H,2-3H2,1H3,(H2,14,15,16)/q+1/t5-,7?,8-,11-,25?/m1/s1. The summed E-state index contributed by atoms with van der Waals surface area (Å²) in [6.07, 6.45) is -2.28. The van der Waals surface area contributed by atoms with E-state index in [0.717, 1.165) is 0 Å². The summed E-state index contributed by atoms with van der Waals surface area (Å²) < 4.78 is 23.2. The second kappa shape index (κ2) is 6.01. The van der Waals surface area contributed by atoms with E-state index >= 15 is 0 Å². The number of nitrogens with zero attached hydrogens (tertiary/aromatic N) is 4. The molecular weight excluding hydrogens is 352 g/mol. The van der Waals surface area contributed by atoms with E-state index in [2.05, 4.69) is 15.0 Å². The molecule has 0 bridgehead atoms. The summed E-state index contributed by atoms with van der Waals surface area (Å²) in [5.74, 6) is 0.177. The van der Waals surface area contributed by atoms with Crippen LogP contribution in [0.25, 0.3) is 11.2 Å². The lowest BCUT2D eigenvalue weighted by Gasteiger charge is -2.27. The van der Waals surface area contributed by atoms with Crippen LogP contribution >= 0.6 is 7.82 Å². The van der Waals surface area contributed by atoms with E-state index in [1.165, 1.54) is 10.9 Å². The monoisotopic (exact) mass is 368 g/mol. The third-order valence-corrected chi connectivity index (χ3v) is 5.07. The van der Waals surface area contributed by atoms with E-state index in [4.69, 9.17) is 31.8 Å². The van der Waals surface area contributed by atoms with Crippen molar-refractivity contribution in [3.63, 3.8) is 0 Å². The number of aliphatic hydroxyl groups is 1. The highest BCUT2D eigenvalue weighted by Gasteiger charge is 2.57. The zero-order chi connectivity index (χ0) is 17.8. The zero-order valence-corrected chi connectivity index (χ0v) is 14.1. The van der Waals surface area contributed by atoms with Crippen LogP contribution < -0.4 is 10.5 Å². The van der Waals surface area contributed by atoms with Gasteiger partial charge in [0.25, 0.3) is 0 Å². The maximum atomic E-state index is 10.7. The molecule has 4 heterocycles. The number of rotatable bonds is 3. The maximum Gasteiger partial charge on any atom is 0.488 e. The number of imidazole rings is 1. The molecule has 0 aliphatic carbocycles. The van der Waals surface area contributed by atoms with Crippen LogP contribution in [0.1, 0.15) is 13.2 Å². The molecule has 2 radical (unpaired) electrons. The molecule has 25 heavy (non-hydrogen) atoms. The van der Waals surface area contributed by atoms with E-state index in [0.29, 0.717) is 17.8 Å². The number of nitrogen functional groups attached to an aromatic ring is 1. The third-order valence-electron chi connectivity index (χ3n) is 4.01. The average Bonchev–Trinajstić information content (AvgIpc) is 3.06. The molecule has 2 fully saturated rings. The molecule has 2 unspecified atom stereocenters. The Hall–Kier alpha value is -1.56. The fourth-order valence-corrected chi connectivity index (χ4v) is 3.98. The molecule has 0 saturated carbocycles. The van der Waals surface area contributed by atoms with Gasteiger partial charge in [0.1, 0.15) is 25.1 Å². The van der Waals surface area contributed by atoms with Gasteiger partial charge in [-0.15, -0.1) is 0 Å². The SMILES string of the molecule is [B][P+]1(O)OC[C@H]2O[C@@H](n3c(OCC)nc4c(N)ncnc43)C(O)[C@@H]2O1. The van der Waals surface area contributed by atoms with Crippen LogP contribution in [-0.4, -0.2) is 68.6 Å². The van der Waals surface area contributed by atoms with Crippen LogP contribution in [0.4, 0.5) is 5.82 Å². The maximum absolute atomic E-state index is 10.7. The molecule has 11 nitrogen and oxygen atoms in total. The Morgan fingerprint density at radius 1 is 1.52 bits per heavy atom. The molecular formula is C12H16BN5O6P+. The normalized spacial score (nSPS) is 35.0. The van der Waals surface area contributed by atoms with Gasteiger partial charge in [0, 0.05) is 0 Å². The molecule has 2 saturated heterocycles. The highest BCUT2D eigenvalue weighted by Crippen LogP contribution is 2.58. The van der Waals surface area contributed by atoms with Gasteiger partial charge >= 0.3 is 21.4 Å². The molecule has 2 aliphatic heterocycles. The minimum Gasteiger partial charge on any atom is -0.465 e. The van der Waals surface area contributed by atoms with Crippen LogP contribution in [0, 0.1) is 0 Å². The third kappa shape index (κ3) is 2.75. The molecule has 4 rings (SSSR count). The first-order valence-electron chi connectivity index (χ1n) is 7.59. The fraction of sp³-hybridized carbons (Fsp3) is 0.583. The van der Waals surface area contributed by atoms with Crippen LogP contribution in [0.3, 0.4) is 0 Å². The van der Waals surface area contributed by atoms with Crippen LogP contribution in [0.2, 0.25) is 0 Å². The minimum absolute atomic E-state index is 0.00722. The van der Waals surface area contributed by atoms with Crippen LogP contribution in [0.5, 0.6) is 6.01 Å². The molecule has 5 atom stereocenters. The van der Waals surface area contributed by atoms with Crippen molar-refractivity contribution in [2.24, 2.45) is 0 Å². The summed E-state index contributed by atoms with van der Waals surface area (Å²) in [4.78, 5) is 22.2. The topological polar surface area (TPSA) is 147 Å². The first-order valence-corrected chi connectivity index (χ1v) is 9.24. The molecule has 13 heteroatoms. The number of nitrogens with two attached hydrogens (primary N) is 1. The fourth-order valence-electron chi connectivity index (χ4n) is 2.95. The lowest BCUT2D eigenvalue weighted by atomic mass is 10.1. The number of ether oxygens (including phenoxy) is 2. The predicted octanol–water partition coefficient (Wildman–Crippen LogP) is -0.681. The number of fused-ring (bicyclic) bond motifs is 2. The second-order valence-electron chi connectivity index (χ2n) is 5.61. The van der Waals surface area contributed by atoms with E-state index in [-0.39, 0.29) is 18.4 Å². The van der Waals surface area contributed by atoms with Crippen LogP contribution in [-0.2, 0) is 13.8 Å². The second-order valence-corrected chi connectivity index (χ2v) is 7.21. The Labute approximate surface area is 144 Å². The molecule has 2 aliphatic rings.